The minimum Gasteiger partial charge on any atom is -0.285 e. The molecular weight excluding hydrogens is 101 g/mol. The number of rotatable bonds is 1. The summed E-state index contributed by atoms with van der Waals surface area (Å²) < 4.78 is 0. The molecule has 0 heterocycles. The Bertz CT molecular complexity index is 35.8. The van der Waals surface area contributed by atoms with Gasteiger partial charge in [0.15, 0.2) is 0 Å². The van der Waals surface area contributed by atoms with Gasteiger partial charge in [-0.05, 0) is 0 Å². The van der Waals surface area contributed by atoms with E-state index in [9.17, 15) is 0 Å². The maximum Gasteiger partial charge on any atom is 0.0261 e. The zero-order valence-corrected chi connectivity index (χ0v) is 4.62. The largest absolute Gasteiger partial charge is 0.285 e. The summed E-state index contributed by atoms with van der Waals surface area (Å²) >= 11 is 0. The second-order valence-corrected chi connectivity index (χ2v) is 0.947. The number of hydrogen-bond acceptors (Lipinski definition) is 2. The van der Waals surface area contributed by atoms with Crippen LogP contribution in [0.15, 0.2) is 5.22 Å². The van der Waals surface area contributed by atoms with Crippen LogP contribution in [0, 0.1) is 5.53 Å². The van der Waals surface area contributed by atoms with Crippen molar-refractivity contribution in [3.8, 4) is 0 Å². The van der Waals surface area contributed by atoms with Gasteiger partial charge >= 0.3 is 0 Å². The van der Waals surface area contributed by atoms with Crippen LogP contribution >= 0.6 is 12.4 Å². The fourth-order valence-electron chi connectivity index (χ4n) is 0. The standard InChI is InChI=1S/C2H7N3.ClH/c1-5(2)4-3;/h3H,1-2H3;1H. The topological polar surface area (TPSA) is 39.5 Å². The van der Waals surface area contributed by atoms with Gasteiger partial charge in [-0.25, -0.2) is 0 Å². The van der Waals surface area contributed by atoms with E-state index in [1.807, 2.05) is 0 Å². The second-order valence-electron chi connectivity index (χ2n) is 0.947. The molecule has 3 nitrogen and oxygen atoms in total. The molecule has 0 aromatic carbocycles. The maximum atomic E-state index is 6.21. The van der Waals surface area contributed by atoms with Crippen molar-refractivity contribution < 1.29 is 0 Å². The summed E-state index contributed by atoms with van der Waals surface area (Å²) in [6.07, 6.45) is 0. The van der Waals surface area contributed by atoms with Crippen molar-refractivity contribution in [2.24, 2.45) is 5.22 Å². The molecule has 0 spiro atoms. The van der Waals surface area contributed by atoms with Gasteiger partial charge in [-0.2, -0.15) is 5.53 Å². The molecule has 0 bridgehead atoms. The predicted octanol–water partition coefficient (Wildman–Crippen LogP) is 0.916. The van der Waals surface area contributed by atoms with E-state index >= 15 is 0 Å². The molecular formula is C2H8ClN3. The average molecular weight is 110 g/mol. The molecule has 1 N–H and O–H groups in total. The number of hydrogen-bond donors (Lipinski definition) is 1. The quantitative estimate of drug-likeness (QED) is 0.395. The number of nitrogens with zero attached hydrogens (tertiary/aromatic N) is 2. The van der Waals surface area contributed by atoms with Gasteiger partial charge in [0.25, 0.3) is 0 Å². The summed E-state index contributed by atoms with van der Waals surface area (Å²) in [5, 5.41) is 4.39. The van der Waals surface area contributed by atoms with Crippen LogP contribution in [-0.4, -0.2) is 19.1 Å². The molecule has 0 atom stereocenters. The first-order valence-corrected chi connectivity index (χ1v) is 1.32. The smallest absolute Gasteiger partial charge is 0.0261 e. The highest BCUT2D eigenvalue weighted by Crippen LogP contribution is 1.64. The molecule has 0 aliphatic rings. The average Bonchev–Trinajstić information content (AvgIpc) is 1.38. The molecule has 0 aliphatic carbocycles. The lowest BCUT2D eigenvalue weighted by Crippen LogP contribution is -1.97. The van der Waals surface area contributed by atoms with Crippen LogP contribution in [0.4, 0.5) is 0 Å². The van der Waals surface area contributed by atoms with Crippen LogP contribution in [0.25, 0.3) is 0 Å². The Labute approximate surface area is 43.2 Å². The van der Waals surface area contributed by atoms with Crippen LogP contribution in [0.3, 0.4) is 0 Å². The highest BCUT2D eigenvalue weighted by molar-refractivity contribution is 5.85. The van der Waals surface area contributed by atoms with E-state index in [0.717, 1.165) is 0 Å². The van der Waals surface area contributed by atoms with Crippen molar-refractivity contribution >= 4 is 12.4 Å². The molecule has 38 valence electrons. The first-order valence-electron chi connectivity index (χ1n) is 1.32. The minimum atomic E-state index is 0. The first-order chi connectivity index (χ1) is 2.27. The Kier molecular flexibility index (Phi) is 7.19. The predicted molar refractivity (Wildman–Crippen MR) is 26.1 cm³/mol. The summed E-state index contributed by atoms with van der Waals surface area (Å²) in [7, 11) is 3.40. The molecule has 0 aliphatic heterocycles. The lowest BCUT2D eigenvalue weighted by Gasteiger charge is -1.94. The molecule has 0 fully saturated rings. The van der Waals surface area contributed by atoms with Gasteiger partial charge in [-0.1, -0.05) is 5.22 Å². The third kappa shape index (κ3) is 9.35. The van der Waals surface area contributed by atoms with Crippen LogP contribution < -0.4 is 0 Å². The lowest BCUT2D eigenvalue weighted by atomic mass is 11.2. The molecule has 4 heteroatoms. The molecule has 6 heavy (non-hydrogen) atoms. The summed E-state index contributed by atoms with van der Waals surface area (Å²) in [5.41, 5.74) is 6.21. The summed E-state index contributed by atoms with van der Waals surface area (Å²) in [6.45, 7) is 0. The summed E-state index contributed by atoms with van der Waals surface area (Å²) in [6, 6.07) is 0. The van der Waals surface area contributed by atoms with Crippen LogP contribution in [0.1, 0.15) is 0 Å². The van der Waals surface area contributed by atoms with E-state index in [1.165, 1.54) is 5.01 Å². The number of halogens is 1. The van der Waals surface area contributed by atoms with Gasteiger partial charge in [0, 0.05) is 14.1 Å². The molecule has 0 aromatic rings. The maximum absolute atomic E-state index is 6.21. The Morgan fingerprint density at radius 1 is 1.50 bits per heavy atom. The Morgan fingerprint density at radius 2 is 1.67 bits per heavy atom. The lowest BCUT2D eigenvalue weighted by molar-refractivity contribution is 0.393. The summed E-state index contributed by atoms with van der Waals surface area (Å²) in [4.78, 5) is 0. The fraction of sp³-hybridized carbons (Fsp3) is 1.00. The van der Waals surface area contributed by atoms with Crippen molar-refractivity contribution in [3.05, 3.63) is 0 Å². The summed E-state index contributed by atoms with van der Waals surface area (Å²) in [5.74, 6) is 0. The Morgan fingerprint density at radius 3 is 1.67 bits per heavy atom. The van der Waals surface area contributed by atoms with Crippen molar-refractivity contribution in [2.45, 2.75) is 0 Å². The van der Waals surface area contributed by atoms with E-state index in [0.29, 0.717) is 0 Å². The third-order valence-corrected chi connectivity index (χ3v) is 0.200. The van der Waals surface area contributed by atoms with E-state index < -0.39 is 0 Å². The molecule has 0 unspecified atom stereocenters. The van der Waals surface area contributed by atoms with Gasteiger partial charge in [0.1, 0.15) is 0 Å². The van der Waals surface area contributed by atoms with Gasteiger partial charge < -0.3 is 0 Å². The zero-order valence-electron chi connectivity index (χ0n) is 3.80. The van der Waals surface area contributed by atoms with Crippen LogP contribution in [0.5, 0.6) is 0 Å². The molecule has 0 saturated heterocycles. The Hall–Kier alpha value is -0.310. The van der Waals surface area contributed by atoms with Gasteiger partial charge in [-0.15, -0.1) is 12.4 Å². The molecule has 0 rings (SSSR count). The minimum absolute atomic E-state index is 0. The van der Waals surface area contributed by atoms with Crippen molar-refractivity contribution in [3.63, 3.8) is 0 Å². The molecule has 0 aromatic heterocycles. The normalized spacial score (nSPS) is 5.67. The fourth-order valence-corrected chi connectivity index (χ4v) is 0. The van der Waals surface area contributed by atoms with Gasteiger partial charge in [-0.3, -0.25) is 5.01 Å². The van der Waals surface area contributed by atoms with Gasteiger partial charge in [0.2, 0.25) is 0 Å². The Balaban J connectivity index is 0. The van der Waals surface area contributed by atoms with Gasteiger partial charge in [0.05, 0.1) is 0 Å². The molecule has 0 saturated carbocycles. The van der Waals surface area contributed by atoms with E-state index in [2.05, 4.69) is 5.22 Å². The third-order valence-electron chi connectivity index (χ3n) is 0.200. The highest BCUT2D eigenvalue weighted by atomic mass is 35.5. The van der Waals surface area contributed by atoms with Crippen molar-refractivity contribution in [1.29, 1.82) is 5.53 Å². The van der Waals surface area contributed by atoms with Crippen molar-refractivity contribution in [1.82, 2.24) is 5.01 Å². The molecule has 0 amide bonds. The van der Waals surface area contributed by atoms with E-state index in [-0.39, 0.29) is 12.4 Å². The SMILES string of the molecule is CN(C)N=N.Cl. The van der Waals surface area contributed by atoms with E-state index in [4.69, 9.17) is 5.53 Å². The van der Waals surface area contributed by atoms with Crippen LogP contribution in [0.2, 0.25) is 0 Å². The highest BCUT2D eigenvalue weighted by Gasteiger charge is 1.64. The number of nitrogens with one attached hydrogen (secondary N) is 1. The van der Waals surface area contributed by atoms with Crippen molar-refractivity contribution in [2.75, 3.05) is 14.1 Å². The monoisotopic (exact) mass is 109 g/mol. The van der Waals surface area contributed by atoms with E-state index in [1.54, 1.807) is 14.1 Å². The zero-order chi connectivity index (χ0) is 4.28. The first kappa shape index (κ1) is 9.19. The molecule has 0 radical (unpaired) electrons. The second kappa shape index (κ2) is 4.69. The van der Waals surface area contributed by atoms with Crippen LogP contribution in [-0.2, 0) is 0 Å².